The third kappa shape index (κ3) is 4.18. The van der Waals surface area contributed by atoms with Crippen LogP contribution >= 0.6 is 0 Å². The summed E-state index contributed by atoms with van der Waals surface area (Å²) in [6, 6.07) is 6.97. The van der Waals surface area contributed by atoms with Crippen molar-refractivity contribution in [1.29, 1.82) is 0 Å². The Morgan fingerprint density at radius 3 is 2.57 bits per heavy atom. The van der Waals surface area contributed by atoms with Gasteiger partial charge in [-0.2, -0.15) is 0 Å². The van der Waals surface area contributed by atoms with Gasteiger partial charge in [-0.25, -0.2) is 9.97 Å². The molecule has 30 heavy (non-hydrogen) atoms. The first-order valence-electron chi connectivity index (χ1n) is 11.9. The smallest absolute Gasteiger partial charge is 0.225 e. The van der Waals surface area contributed by atoms with Gasteiger partial charge in [0.15, 0.2) is 0 Å². The standard InChI is InChI=1S/C25H34N4O/c1-2-3-18-16-27-25(28-17-18)29-12-8-20(9-13-29)24-15-22-14-21(4-5-23(22)30-24)19-6-10-26-11-7-19/h4-5,14,16-17,19-20,24,26H,2-3,6-13,15H2,1H3. The van der Waals surface area contributed by atoms with Gasteiger partial charge in [0.05, 0.1) is 0 Å². The van der Waals surface area contributed by atoms with Crippen molar-refractivity contribution in [1.82, 2.24) is 15.3 Å². The van der Waals surface area contributed by atoms with E-state index in [-0.39, 0.29) is 0 Å². The molecule has 0 saturated carbocycles. The molecule has 5 heteroatoms. The van der Waals surface area contributed by atoms with E-state index in [1.807, 2.05) is 12.4 Å². The Balaban J connectivity index is 1.17. The molecular formula is C25H34N4O. The van der Waals surface area contributed by atoms with Crippen LogP contribution in [-0.2, 0) is 12.8 Å². The maximum absolute atomic E-state index is 6.41. The minimum atomic E-state index is 0.332. The second-order valence-electron chi connectivity index (χ2n) is 9.22. The lowest BCUT2D eigenvalue weighted by atomic mass is 9.87. The molecule has 0 bridgehead atoms. The number of fused-ring (bicyclic) bond motifs is 1. The number of hydrogen-bond donors (Lipinski definition) is 1. The van der Waals surface area contributed by atoms with Crippen LogP contribution in [-0.4, -0.2) is 42.3 Å². The van der Waals surface area contributed by atoms with E-state index in [1.165, 1.54) is 29.5 Å². The molecule has 0 radical (unpaired) electrons. The third-order valence-corrected chi connectivity index (χ3v) is 7.17. The number of nitrogens with one attached hydrogen (secondary N) is 1. The van der Waals surface area contributed by atoms with Crippen molar-refractivity contribution in [3.05, 3.63) is 47.3 Å². The molecule has 0 aliphatic carbocycles. The molecule has 160 valence electrons. The van der Waals surface area contributed by atoms with E-state index in [1.54, 1.807) is 0 Å². The van der Waals surface area contributed by atoms with E-state index in [0.29, 0.717) is 17.9 Å². The van der Waals surface area contributed by atoms with Gasteiger partial charge in [0.2, 0.25) is 5.95 Å². The summed E-state index contributed by atoms with van der Waals surface area (Å²) >= 11 is 0. The summed E-state index contributed by atoms with van der Waals surface area (Å²) in [7, 11) is 0. The largest absolute Gasteiger partial charge is 0.490 e. The van der Waals surface area contributed by atoms with Crippen LogP contribution in [0.3, 0.4) is 0 Å². The highest BCUT2D eigenvalue weighted by atomic mass is 16.5. The highest BCUT2D eigenvalue weighted by molar-refractivity contribution is 5.42. The lowest BCUT2D eigenvalue weighted by Crippen LogP contribution is -2.40. The van der Waals surface area contributed by atoms with Crippen LogP contribution in [0.5, 0.6) is 5.75 Å². The molecule has 3 aliphatic heterocycles. The van der Waals surface area contributed by atoms with Gasteiger partial charge >= 0.3 is 0 Å². The molecule has 1 N–H and O–H groups in total. The molecule has 0 amide bonds. The van der Waals surface area contributed by atoms with Crippen LogP contribution in [0.1, 0.15) is 61.6 Å². The van der Waals surface area contributed by atoms with Gasteiger partial charge < -0.3 is 15.0 Å². The molecule has 5 rings (SSSR count). The number of anilines is 1. The molecule has 1 unspecified atom stereocenters. The molecule has 2 fully saturated rings. The number of benzene rings is 1. The van der Waals surface area contributed by atoms with Crippen molar-refractivity contribution >= 4 is 5.95 Å². The van der Waals surface area contributed by atoms with E-state index >= 15 is 0 Å². The summed E-state index contributed by atoms with van der Waals surface area (Å²) in [5.41, 5.74) is 4.17. The lowest BCUT2D eigenvalue weighted by molar-refractivity contribution is 0.138. The Kier molecular flexibility index (Phi) is 5.89. The molecule has 1 aromatic carbocycles. The SMILES string of the molecule is CCCc1cnc(N2CCC(C3Cc4cc(C5CCNCC5)ccc4O3)CC2)nc1. The second-order valence-corrected chi connectivity index (χ2v) is 9.22. The van der Waals surface area contributed by atoms with Crippen molar-refractivity contribution in [2.45, 2.75) is 63.9 Å². The van der Waals surface area contributed by atoms with E-state index < -0.39 is 0 Å². The molecule has 5 nitrogen and oxygen atoms in total. The van der Waals surface area contributed by atoms with E-state index in [9.17, 15) is 0 Å². The Hall–Kier alpha value is -2.14. The van der Waals surface area contributed by atoms with Crippen LogP contribution in [0.15, 0.2) is 30.6 Å². The minimum absolute atomic E-state index is 0.332. The van der Waals surface area contributed by atoms with Gasteiger partial charge in [-0.1, -0.05) is 25.5 Å². The van der Waals surface area contributed by atoms with E-state index in [0.717, 1.165) is 70.0 Å². The third-order valence-electron chi connectivity index (χ3n) is 7.17. The molecule has 3 aliphatic rings. The Morgan fingerprint density at radius 2 is 1.83 bits per heavy atom. The van der Waals surface area contributed by atoms with Gasteiger partial charge in [0, 0.05) is 31.9 Å². The van der Waals surface area contributed by atoms with Crippen molar-refractivity contribution in [3.8, 4) is 5.75 Å². The summed E-state index contributed by atoms with van der Waals surface area (Å²) in [5, 5.41) is 3.47. The average Bonchev–Trinajstić information content (AvgIpc) is 3.24. The van der Waals surface area contributed by atoms with Gasteiger partial charge in [0.1, 0.15) is 11.9 Å². The van der Waals surface area contributed by atoms with Crippen molar-refractivity contribution in [3.63, 3.8) is 0 Å². The van der Waals surface area contributed by atoms with Crippen LogP contribution in [0.4, 0.5) is 5.95 Å². The molecule has 1 aromatic heterocycles. The lowest BCUT2D eigenvalue weighted by Gasteiger charge is -2.34. The molecule has 2 aromatic rings. The molecule has 2 saturated heterocycles. The summed E-state index contributed by atoms with van der Waals surface area (Å²) in [6.07, 6.45) is 12.4. The molecule has 1 atom stereocenters. The molecule has 4 heterocycles. The van der Waals surface area contributed by atoms with E-state index in [4.69, 9.17) is 4.74 Å². The number of rotatable bonds is 5. The van der Waals surface area contributed by atoms with Crippen molar-refractivity contribution < 1.29 is 4.74 Å². The Morgan fingerprint density at radius 1 is 1.07 bits per heavy atom. The number of hydrogen-bond acceptors (Lipinski definition) is 5. The highest BCUT2D eigenvalue weighted by Gasteiger charge is 2.33. The molecule has 0 spiro atoms. The van der Waals surface area contributed by atoms with E-state index in [2.05, 4.69) is 45.3 Å². The monoisotopic (exact) mass is 406 g/mol. The second kappa shape index (κ2) is 8.93. The summed E-state index contributed by atoms with van der Waals surface area (Å²) < 4.78 is 6.41. The fourth-order valence-electron chi connectivity index (χ4n) is 5.37. The maximum Gasteiger partial charge on any atom is 0.225 e. The summed E-state index contributed by atoms with van der Waals surface area (Å²) in [5.74, 6) is 3.34. The zero-order valence-corrected chi connectivity index (χ0v) is 18.1. The topological polar surface area (TPSA) is 50.3 Å². The first kappa shape index (κ1) is 19.8. The quantitative estimate of drug-likeness (QED) is 0.810. The number of ether oxygens (including phenoxy) is 1. The predicted molar refractivity (Wildman–Crippen MR) is 120 cm³/mol. The van der Waals surface area contributed by atoms with Gasteiger partial charge in [-0.15, -0.1) is 0 Å². The first-order valence-corrected chi connectivity index (χ1v) is 11.9. The van der Waals surface area contributed by atoms with Crippen molar-refractivity contribution in [2.75, 3.05) is 31.1 Å². The first-order chi connectivity index (χ1) is 14.8. The van der Waals surface area contributed by atoms with Crippen molar-refractivity contribution in [2.24, 2.45) is 5.92 Å². The van der Waals surface area contributed by atoms with Gasteiger partial charge in [-0.05, 0) is 79.8 Å². The molecular weight excluding hydrogens is 372 g/mol. The van der Waals surface area contributed by atoms with Crippen LogP contribution in [0, 0.1) is 5.92 Å². The fourth-order valence-corrected chi connectivity index (χ4v) is 5.37. The number of piperidine rings is 2. The fraction of sp³-hybridized carbons (Fsp3) is 0.600. The van der Waals surface area contributed by atoms with Crippen LogP contribution < -0.4 is 15.0 Å². The van der Waals surface area contributed by atoms with Crippen LogP contribution in [0.2, 0.25) is 0 Å². The number of aryl methyl sites for hydroxylation is 1. The maximum atomic E-state index is 6.41. The van der Waals surface area contributed by atoms with Gasteiger partial charge in [0.25, 0.3) is 0 Å². The zero-order valence-electron chi connectivity index (χ0n) is 18.1. The number of aromatic nitrogens is 2. The summed E-state index contributed by atoms with van der Waals surface area (Å²) in [4.78, 5) is 11.6. The Bertz CT molecular complexity index is 839. The average molecular weight is 407 g/mol. The highest BCUT2D eigenvalue weighted by Crippen LogP contribution is 2.38. The normalized spacial score (nSPS) is 22.7. The number of nitrogens with zero attached hydrogens (tertiary/aromatic N) is 3. The summed E-state index contributed by atoms with van der Waals surface area (Å²) in [6.45, 7) is 6.52. The zero-order chi connectivity index (χ0) is 20.3. The Labute approximate surface area is 180 Å². The minimum Gasteiger partial charge on any atom is -0.490 e. The van der Waals surface area contributed by atoms with Gasteiger partial charge in [-0.3, -0.25) is 0 Å². The van der Waals surface area contributed by atoms with Crippen LogP contribution in [0.25, 0.3) is 0 Å². The predicted octanol–water partition coefficient (Wildman–Crippen LogP) is 4.12.